The van der Waals surface area contributed by atoms with Crippen molar-refractivity contribution in [1.82, 2.24) is 21.3 Å². The number of amides is 4. The van der Waals surface area contributed by atoms with E-state index in [0.29, 0.717) is 4.91 Å². The van der Waals surface area contributed by atoms with Crippen molar-refractivity contribution < 1.29 is 19.1 Å². The van der Waals surface area contributed by atoms with Gasteiger partial charge in [0.2, 0.25) is 5.91 Å². The Morgan fingerprint density at radius 1 is 0.975 bits per heavy atom. The van der Waals surface area contributed by atoms with Crippen LogP contribution in [0.25, 0.3) is 0 Å². The molecule has 0 aromatic heterocycles. The lowest BCUT2D eigenvalue weighted by Gasteiger charge is -2.46. The van der Waals surface area contributed by atoms with E-state index >= 15 is 0 Å². The monoisotopic (exact) mass is 561 g/mol. The molecule has 40 heavy (non-hydrogen) atoms. The summed E-state index contributed by atoms with van der Waals surface area (Å²) >= 11 is 1.52. The first kappa shape index (κ1) is 26.7. The molecule has 0 bridgehead atoms. The molecule has 2 aromatic carbocycles. The zero-order valence-corrected chi connectivity index (χ0v) is 23.6. The van der Waals surface area contributed by atoms with E-state index in [1.807, 2.05) is 60.4 Å². The molecule has 3 heterocycles. The molecule has 2 saturated heterocycles. The van der Waals surface area contributed by atoms with E-state index in [9.17, 15) is 14.4 Å². The minimum atomic E-state index is -0.208. The van der Waals surface area contributed by atoms with Crippen molar-refractivity contribution in [2.75, 3.05) is 11.4 Å². The molecule has 3 aliphatic heterocycles. The van der Waals surface area contributed by atoms with E-state index in [-0.39, 0.29) is 47.3 Å². The van der Waals surface area contributed by atoms with Crippen molar-refractivity contribution in [2.24, 2.45) is 5.92 Å². The van der Waals surface area contributed by atoms with E-state index in [1.54, 1.807) is 0 Å². The quantitative estimate of drug-likeness (QED) is 0.422. The second-order valence-corrected chi connectivity index (χ2v) is 12.2. The Labute approximate surface area is 238 Å². The van der Waals surface area contributed by atoms with Gasteiger partial charge in [-0.15, -0.1) is 0 Å². The van der Waals surface area contributed by atoms with Crippen LogP contribution < -0.4 is 30.9 Å². The summed E-state index contributed by atoms with van der Waals surface area (Å²) in [6, 6.07) is 15.4. The standard InChI is InChI=1S/C30H35N5O4S/c1-17-16-22(39-21-6-4-3-5-7-21)12-13-23(17)35-24-14-15-31-29-25(24)26(34-30(35)38)27(40-29)28(37)33-20-10-8-19(9-11-20)32-18(2)36/h3-7,12-13,16,19-20,24-25,29,31H,8-11,14-15H2,1-2H3,(H,32,36)(H,33,37)(H,34,38). The number of benzene rings is 2. The number of carbonyl (C=O) groups is 3. The van der Waals surface area contributed by atoms with E-state index in [4.69, 9.17) is 4.74 Å². The van der Waals surface area contributed by atoms with Crippen LogP contribution in [-0.4, -0.2) is 47.9 Å². The SMILES string of the molecule is CC(=O)NC1CCC(NC(=O)C2=C3NC(=O)N(c4ccc(Oc5ccccc5)cc4C)C4CCNC(S2)C34)CC1. The molecule has 6 rings (SSSR count). The second kappa shape index (κ2) is 11.2. The molecular weight excluding hydrogens is 526 g/mol. The smallest absolute Gasteiger partial charge is 0.326 e. The number of ether oxygens (including phenoxy) is 1. The normalized spacial score (nSPS) is 27.5. The number of aryl methyl sites for hydroxylation is 1. The summed E-state index contributed by atoms with van der Waals surface area (Å²) in [6.07, 6.45) is 4.13. The molecule has 9 nitrogen and oxygen atoms in total. The number of para-hydroxylation sites is 1. The Balaban J connectivity index is 1.18. The number of hydrogen-bond acceptors (Lipinski definition) is 6. The van der Waals surface area contributed by atoms with E-state index in [0.717, 1.165) is 67.1 Å². The van der Waals surface area contributed by atoms with Gasteiger partial charge in [-0.3, -0.25) is 14.5 Å². The van der Waals surface area contributed by atoms with Crippen molar-refractivity contribution >= 4 is 35.3 Å². The van der Waals surface area contributed by atoms with Crippen LogP contribution in [0.2, 0.25) is 0 Å². The second-order valence-electron chi connectivity index (χ2n) is 11.0. The van der Waals surface area contributed by atoms with Gasteiger partial charge in [0.15, 0.2) is 0 Å². The number of piperidine rings is 1. The molecule has 4 aliphatic rings. The first-order chi connectivity index (χ1) is 19.4. The summed E-state index contributed by atoms with van der Waals surface area (Å²) in [6.45, 7) is 4.30. The largest absolute Gasteiger partial charge is 0.457 e. The lowest BCUT2D eigenvalue weighted by atomic mass is 9.86. The van der Waals surface area contributed by atoms with Gasteiger partial charge >= 0.3 is 6.03 Å². The zero-order chi connectivity index (χ0) is 27.8. The van der Waals surface area contributed by atoms with Crippen LogP contribution in [0.15, 0.2) is 59.1 Å². The third-order valence-electron chi connectivity index (χ3n) is 8.22. The minimum absolute atomic E-state index is 0.00709. The van der Waals surface area contributed by atoms with Crippen LogP contribution in [0.5, 0.6) is 11.5 Å². The molecule has 210 valence electrons. The summed E-state index contributed by atoms with van der Waals surface area (Å²) in [4.78, 5) is 40.9. The average molecular weight is 562 g/mol. The molecule has 2 aromatic rings. The zero-order valence-electron chi connectivity index (χ0n) is 22.7. The number of anilines is 1. The number of nitrogens with one attached hydrogen (secondary N) is 4. The predicted molar refractivity (Wildman–Crippen MR) is 155 cm³/mol. The van der Waals surface area contributed by atoms with Gasteiger partial charge in [-0.2, -0.15) is 0 Å². The highest BCUT2D eigenvalue weighted by Crippen LogP contribution is 2.48. The fourth-order valence-electron chi connectivity index (χ4n) is 6.41. The maximum atomic E-state index is 13.6. The number of nitrogens with zero attached hydrogens (tertiary/aromatic N) is 1. The summed E-state index contributed by atoms with van der Waals surface area (Å²) < 4.78 is 6.00. The third kappa shape index (κ3) is 5.30. The van der Waals surface area contributed by atoms with Gasteiger partial charge in [0.25, 0.3) is 5.91 Å². The van der Waals surface area contributed by atoms with Crippen molar-refractivity contribution in [3.8, 4) is 11.5 Å². The van der Waals surface area contributed by atoms with Crippen molar-refractivity contribution in [2.45, 2.75) is 69.5 Å². The maximum absolute atomic E-state index is 13.6. The fraction of sp³-hybridized carbons (Fsp3) is 0.433. The summed E-state index contributed by atoms with van der Waals surface area (Å²) in [5, 5.41) is 12.9. The molecule has 1 saturated carbocycles. The first-order valence-electron chi connectivity index (χ1n) is 14.0. The Bertz CT molecular complexity index is 1340. The average Bonchev–Trinajstić information content (AvgIpc) is 3.30. The van der Waals surface area contributed by atoms with Crippen LogP contribution in [0.4, 0.5) is 10.5 Å². The third-order valence-corrected chi connectivity index (χ3v) is 9.58. The van der Waals surface area contributed by atoms with E-state index in [1.165, 1.54) is 18.7 Å². The molecule has 10 heteroatoms. The molecular formula is C30H35N5O4S. The summed E-state index contributed by atoms with van der Waals surface area (Å²) in [5.74, 6) is 1.34. The lowest BCUT2D eigenvalue weighted by Crippen LogP contribution is -2.62. The Kier molecular flexibility index (Phi) is 7.46. The van der Waals surface area contributed by atoms with Crippen LogP contribution in [0.1, 0.15) is 44.6 Å². The van der Waals surface area contributed by atoms with Gasteiger partial charge in [0.05, 0.1) is 16.3 Å². The van der Waals surface area contributed by atoms with Gasteiger partial charge in [-0.25, -0.2) is 4.79 Å². The highest BCUT2D eigenvalue weighted by Gasteiger charge is 2.52. The molecule has 3 unspecified atom stereocenters. The Morgan fingerprint density at radius 2 is 1.70 bits per heavy atom. The molecule has 4 amide bonds. The van der Waals surface area contributed by atoms with E-state index < -0.39 is 0 Å². The summed E-state index contributed by atoms with van der Waals surface area (Å²) in [7, 11) is 0. The van der Waals surface area contributed by atoms with Crippen LogP contribution in [0, 0.1) is 12.8 Å². The topological polar surface area (TPSA) is 112 Å². The number of rotatable bonds is 6. The van der Waals surface area contributed by atoms with Crippen molar-refractivity contribution in [3.63, 3.8) is 0 Å². The Hall–Kier alpha value is -3.50. The Morgan fingerprint density at radius 3 is 2.40 bits per heavy atom. The highest BCUT2D eigenvalue weighted by atomic mass is 32.2. The molecule has 4 N–H and O–H groups in total. The van der Waals surface area contributed by atoms with Crippen LogP contribution in [-0.2, 0) is 9.59 Å². The molecule has 0 radical (unpaired) electrons. The number of hydrogen-bond donors (Lipinski definition) is 4. The molecule has 3 fully saturated rings. The fourth-order valence-corrected chi connectivity index (χ4v) is 7.81. The van der Waals surface area contributed by atoms with Gasteiger partial charge in [-0.05, 0) is 81.5 Å². The van der Waals surface area contributed by atoms with Gasteiger partial charge in [0.1, 0.15) is 11.5 Å². The summed E-state index contributed by atoms with van der Waals surface area (Å²) in [5.41, 5.74) is 2.53. The lowest BCUT2D eigenvalue weighted by molar-refractivity contribution is -0.120. The molecule has 0 spiro atoms. The highest BCUT2D eigenvalue weighted by molar-refractivity contribution is 8.04. The van der Waals surface area contributed by atoms with Crippen molar-refractivity contribution in [1.29, 1.82) is 0 Å². The van der Waals surface area contributed by atoms with Crippen molar-refractivity contribution in [3.05, 3.63) is 64.7 Å². The molecule has 1 aliphatic carbocycles. The van der Waals surface area contributed by atoms with Crippen LogP contribution >= 0.6 is 11.8 Å². The van der Waals surface area contributed by atoms with Gasteiger partial charge in [0, 0.05) is 36.3 Å². The number of urea groups is 1. The molecule has 3 atom stereocenters. The first-order valence-corrected chi connectivity index (χ1v) is 14.9. The van der Waals surface area contributed by atoms with Gasteiger partial charge < -0.3 is 26.0 Å². The minimum Gasteiger partial charge on any atom is -0.457 e. The maximum Gasteiger partial charge on any atom is 0.326 e. The van der Waals surface area contributed by atoms with Crippen LogP contribution in [0.3, 0.4) is 0 Å². The number of thioether (sulfide) groups is 1. The predicted octanol–water partition coefficient (Wildman–Crippen LogP) is 4.14. The van der Waals surface area contributed by atoms with E-state index in [2.05, 4.69) is 21.3 Å². The van der Waals surface area contributed by atoms with Gasteiger partial charge in [-0.1, -0.05) is 30.0 Å². The number of carbonyl (C=O) groups excluding carboxylic acids is 3.